The zero-order valence-electron chi connectivity index (χ0n) is 9.22. The number of rotatable bonds is 3. The Morgan fingerprint density at radius 3 is 2.94 bits per heavy atom. The first-order valence-electron chi connectivity index (χ1n) is 5.42. The van der Waals surface area contributed by atoms with Gasteiger partial charge in [-0.1, -0.05) is 22.0 Å². The van der Waals surface area contributed by atoms with Gasteiger partial charge in [-0.15, -0.1) is 0 Å². The maximum Gasteiger partial charge on any atom is 0.251 e. The van der Waals surface area contributed by atoms with Gasteiger partial charge in [0.1, 0.15) is 0 Å². The maximum absolute atomic E-state index is 11.9. The molecule has 3 nitrogen and oxygen atoms in total. The third kappa shape index (κ3) is 2.62. The molecule has 1 heterocycles. The molecular weight excluding hydrogens is 268 g/mol. The highest BCUT2D eigenvalue weighted by Gasteiger charge is 2.18. The van der Waals surface area contributed by atoms with E-state index in [1.807, 2.05) is 25.1 Å². The number of halogens is 1. The summed E-state index contributed by atoms with van der Waals surface area (Å²) in [5.74, 6) is 0.613. The Balaban J connectivity index is 1.99. The third-order valence-electron chi connectivity index (χ3n) is 2.86. The van der Waals surface area contributed by atoms with E-state index < -0.39 is 0 Å². The van der Waals surface area contributed by atoms with Crippen LogP contribution in [0.25, 0.3) is 0 Å². The number of benzene rings is 1. The van der Waals surface area contributed by atoms with E-state index in [0.29, 0.717) is 5.92 Å². The molecule has 1 fully saturated rings. The Morgan fingerprint density at radius 1 is 1.56 bits per heavy atom. The van der Waals surface area contributed by atoms with Crippen LogP contribution in [0, 0.1) is 12.8 Å². The van der Waals surface area contributed by atoms with Crippen molar-refractivity contribution in [3.8, 4) is 0 Å². The molecule has 0 saturated carbocycles. The number of hydrogen-bond acceptors (Lipinski definition) is 2. The molecule has 16 heavy (non-hydrogen) atoms. The average molecular weight is 283 g/mol. The normalized spacial score (nSPS) is 15.6. The molecule has 2 N–H and O–H groups in total. The minimum absolute atomic E-state index is 0.0192. The molecule has 0 bridgehead atoms. The molecule has 0 atom stereocenters. The van der Waals surface area contributed by atoms with E-state index >= 15 is 0 Å². The molecule has 0 radical (unpaired) electrons. The summed E-state index contributed by atoms with van der Waals surface area (Å²) < 4.78 is 0.938. The number of nitrogens with one attached hydrogen (secondary N) is 2. The van der Waals surface area contributed by atoms with Crippen LogP contribution in [0.2, 0.25) is 0 Å². The highest BCUT2D eigenvalue weighted by molar-refractivity contribution is 9.10. The van der Waals surface area contributed by atoms with Crippen LogP contribution in [0.15, 0.2) is 22.7 Å². The second kappa shape index (κ2) is 4.97. The largest absolute Gasteiger partial charge is 0.352 e. The second-order valence-electron chi connectivity index (χ2n) is 4.19. The fraction of sp³-hybridized carbons (Fsp3) is 0.417. The Kier molecular flexibility index (Phi) is 3.61. The summed E-state index contributed by atoms with van der Waals surface area (Å²) in [6.07, 6.45) is 0. The maximum atomic E-state index is 11.9. The van der Waals surface area contributed by atoms with Crippen LogP contribution in [0.4, 0.5) is 0 Å². The molecule has 2 rings (SSSR count). The molecule has 0 unspecified atom stereocenters. The first kappa shape index (κ1) is 11.6. The van der Waals surface area contributed by atoms with Gasteiger partial charge in [0.25, 0.3) is 5.91 Å². The van der Waals surface area contributed by atoms with Crippen LogP contribution in [0.5, 0.6) is 0 Å². The van der Waals surface area contributed by atoms with E-state index in [9.17, 15) is 4.79 Å². The predicted molar refractivity (Wildman–Crippen MR) is 67.6 cm³/mol. The molecule has 1 aliphatic heterocycles. The SMILES string of the molecule is Cc1ccc(Br)cc1C(=O)NCC1CNC1. The van der Waals surface area contributed by atoms with E-state index in [-0.39, 0.29) is 5.91 Å². The van der Waals surface area contributed by atoms with Crippen LogP contribution < -0.4 is 10.6 Å². The molecule has 1 aromatic carbocycles. The van der Waals surface area contributed by atoms with E-state index in [0.717, 1.165) is 35.2 Å². The summed E-state index contributed by atoms with van der Waals surface area (Å²) in [6.45, 7) is 4.74. The molecule has 1 aromatic rings. The molecule has 4 heteroatoms. The van der Waals surface area contributed by atoms with Crippen molar-refractivity contribution in [1.82, 2.24) is 10.6 Å². The van der Waals surface area contributed by atoms with Crippen LogP contribution in [0.1, 0.15) is 15.9 Å². The number of hydrogen-bond donors (Lipinski definition) is 2. The van der Waals surface area contributed by atoms with Gasteiger partial charge in [-0.25, -0.2) is 0 Å². The Labute approximate surface area is 104 Å². The van der Waals surface area contributed by atoms with Gasteiger partial charge in [-0.05, 0) is 24.6 Å². The standard InChI is InChI=1S/C12H15BrN2O/c1-8-2-3-10(13)4-11(8)12(16)15-7-9-5-14-6-9/h2-4,9,14H,5-7H2,1H3,(H,15,16). The smallest absolute Gasteiger partial charge is 0.251 e. The minimum Gasteiger partial charge on any atom is -0.352 e. The first-order chi connectivity index (χ1) is 7.66. The van der Waals surface area contributed by atoms with Gasteiger partial charge in [0, 0.05) is 35.6 Å². The van der Waals surface area contributed by atoms with Gasteiger partial charge in [0.05, 0.1) is 0 Å². The lowest BCUT2D eigenvalue weighted by Crippen LogP contribution is -2.48. The van der Waals surface area contributed by atoms with Crippen molar-refractivity contribution in [3.63, 3.8) is 0 Å². The van der Waals surface area contributed by atoms with Crippen molar-refractivity contribution in [2.45, 2.75) is 6.92 Å². The fourth-order valence-electron chi connectivity index (χ4n) is 1.66. The number of carbonyl (C=O) groups excluding carboxylic acids is 1. The van der Waals surface area contributed by atoms with Crippen molar-refractivity contribution in [1.29, 1.82) is 0 Å². The van der Waals surface area contributed by atoms with E-state index in [4.69, 9.17) is 0 Å². The number of carbonyl (C=O) groups is 1. The molecule has 0 spiro atoms. The number of aryl methyl sites for hydroxylation is 1. The Bertz CT molecular complexity index is 402. The van der Waals surface area contributed by atoms with Crippen LogP contribution in [-0.4, -0.2) is 25.5 Å². The van der Waals surface area contributed by atoms with Crippen molar-refractivity contribution in [3.05, 3.63) is 33.8 Å². The second-order valence-corrected chi connectivity index (χ2v) is 5.11. The quantitative estimate of drug-likeness (QED) is 0.886. The molecular formula is C12H15BrN2O. The molecule has 0 aromatic heterocycles. The van der Waals surface area contributed by atoms with Crippen molar-refractivity contribution in [2.75, 3.05) is 19.6 Å². The summed E-state index contributed by atoms with van der Waals surface area (Å²) in [7, 11) is 0. The van der Waals surface area contributed by atoms with Crippen molar-refractivity contribution in [2.24, 2.45) is 5.92 Å². The molecule has 1 amide bonds. The van der Waals surface area contributed by atoms with Crippen LogP contribution >= 0.6 is 15.9 Å². The van der Waals surface area contributed by atoms with Crippen molar-refractivity contribution >= 4 is 21.8 Å². The topological polar surface area (TPSA) is 41.1 Å². The van der Waals surface area contributed by atoms with E-state index in [1.54, 1.807) is 0 Å². The third-order valence-corrected chi connectivity index (χ3v) is 3.35. The van der Waals surface area contributed by atoms with Gasteiger partial charge in [-0.2, -0.15) is 0 Å². The van der Waals surface area contributed by atoms with Gasteiger partial charge in [0.2, 0.25) is 0 Å². The van der Waals surface area contributed by atoms with Crippen LogP contribution in [0.3, 0.4) is 0 Å². The molecule has 1 saturated heterocycles. The predicted octanol–water partition coefficient (Wildman–Crippen LogP) is 1.71. The van der Waals surface area contributed by atoms with Gasteiger partial charge in [-0.3, -0.25) is 4.79 Å². The lowest BCUT2D eigenvalue weighted by atomic mass is 10.0. The zero-order chi connectivity index (χ0) is 11.5. The zero-order valence-corrected chi connectivity index (χ0v) is 10.8. The van der Waals surface area contributed by atoms with Gasteiger partial charge in [0.15, 0.2) is 0 Å². The minimum atomic E-state index is 0.0192. The molecule has 0 aliphatic carbocycles. The van der Waals surface area contributed by atoms with E-state index in [2.05, 4.69) is 26.6 Å². The summed E-state index contributed by atoms with van der Waals surface area (Å²) in [5, 5.41) is 6.16. The fourth-order valence-corrected chi connectivity index (χ4v) is 2.02. The highest BCUT2D eigenvalue weighted by Crippen LogP contribution is 2.16. The first-order valence-corrected chi connectivity index (χ1v) is 6.21. The summed E-state index contributed by atoms with van der Waals surface area (Å²) in [5.41, 5.74) is 1.76. The highest BCUT2D eigenvalue weighted by atomic mass is 79.9. The van der Waals surface area contributed by atoms with Crippen LogP contribution in [-0.2, 0) is 0 Å². The Morgan fingerprint density at radius 2 is 2.31 bits per heavy atom. The van der Waals surface area contributed by atoms with Gasteiger partial charge < -0.3 is 10.6 Å². The molecule has 86 valence electrons. The monoisotopic (exact) mass is 282 g/mol. The lowest BCUT2D eigenvalue weighted by molar-refractivity contribution is 0.0941. The van der Waals surface area contributed by atoms with Crippen molar-refractivity contribution < 1.29 is 4.79 Å². The Hall–Kier alpha value is -0.870. The summed E-state index contributed by atoms with van der Waals surface area (Å²) in [4.78, 5) is 11.9. The van der Waals surface area contributed by atoms with Gasteiger partial charge >= 0.3 is 0 Å². The number of amides is 1. The summed E-state index contributed by atoms with van der Waals surface area (Å²) in [6, 6.07) is 5.76. The van der Waals surface area contributed by atoms with E-state index in [1.165, 1.54) is 0 Å². The summed E-state index contributed by atoms with van der Waals surface area (Å²) >= 11 is 3.38. The average Bonchev–Trinajstić information content (AvgIpc) is 2.19. The molecule has 1 aliphatic rings. The lowest BCUT2D eigenvalue weighted by Gasteiger charge is -2.27.